The van der Waals surface area contributed by atoms with E-state index in [9.17, 15) is 10.5 Å². The van der Waals surface area contributed by atoms with Gasteiger partial charge in [-0.2, -0.15) is 10.5 Å². The zero-order chi connectivity index (χ0) is 37.1. The van der Waals surface area contributed by atoms with Crippen LogP contribution in [0, 0.1) is 22.7 Å². The molecule has 4 heterocycles. The lowest BCUT2D eigenvalue weighted by Gasteiger charge is -2.19. The average molecular weight is 714 g/mol. The number of fused-ring (bicyclic) bond motifs is 13. The van der Waals surface area contributed by atoms with Gasteiger partial charge in [-0.1, -0.05) is 91.0 Å². The lowest BCUT2D eigenvalue weighted by atomic mass is 10.0. The predicted octanol–water partition coefficient (Wildman–Crippen LogP) is 12.6. The van der Waals surface area contributed by atoms with Crippen LogP contribution in [0.5, 0.6) is 0 Å². The molecule has 0 unspecified atom stereocenters. The molecule has 0 saturated heterocycles. The zero-order valence-electron chi connectivity index (χ0n) is 29.7. The molecule has 0 aliphatic carbocycles. The molecule has 0 atom stereocenters. The monoisotopic (exact) mass is 713 g/mol. The van der Waals surface area contributed by atoms with E-state index in [1.165, 1.54) is 10.8 Å². The molecular formula is C50H27N5O. The third-order valence-electron chi connectivity index (χ3n) is 11.5. The first-order valence-electron chi connectivity index (χ1n) is 18.6. The van der Waals surface area contributed by atoms with Gasteiger partial charge in [0.15, 0.2) is 0 Å². The second-order valence-electron chi connectivity index (χ2n) is 14.3. The fourth-order valence-electron chi connectivity index (χ4n) is 9.23. The Morgan fingerprint density at radius 3 is 1.55 bits per heavy atom. The Balaban J connectivity index is 1.26. The van der Waals surface area contributed by atoms with Crippen molar-refractivity contribution in [2.75, 3.05) is 0 Å². The van der Waals surface area contributed by atoms with Gasteiger partial charge in [0, 0.05) is 43.4 Å². The van der Waals surface area contributed by atoms with E-state index in [-0.39, 0.29) is 0 Å². The van der Waals surface area contributed by atoms with E-state index in [1.807, 2.05) is 48.5 Å². The third-order valence-corrected chi connectivity index (χ3v) is 11.5. The topological polar surface area (TPSA) is 75.5 Å². The van der Waals surface area contributed by atoms with E-state index in [0.717, 1.165) is 88.0 Å². The first kappa shape index (κ1) is 30.4. The number of aromatic nitrogens is 3. The second-order valence-corrected chi connectivity index (χ2v) is 14.3. The fraction of sp³-hybridized carbons (Fsp3) is 0. The number of benzene rings is 8. The largest absolute Gasteiger partial charge is 0.455 e. The molecule has 0 spiro atoms. The minimum absolute atomic E-state index is 0.318. The van der Waals surface area contributed by atoms with Crippen molar-refractivity contribution in [2.45, 2.75) is 0 Å². The van der Waals surface area contributed by atoms with Crippen LogP contribution in [0.15, 0.2) is 168 Å². The van der Waals surface area contributed by atoms with E-state index in [4.69, 9.17) is 4.42 Å². The highest BCUT2D eigenvalue weighted by molar-refractivity contribution is 6.24. The summed E-state index contributed by atoms with van der Waals surface area (Å²) in [7, 11) is 0. The molecular weight excluding hydrogens is 687 g/mol. The molecule has 0 saturated carbocycles. The van der Waals surface area contributed by atoms with Crippen LogP contribution in [0.1, 0.15) is 11.1 Å². The van der Waals surface area contributed by atoms with Gasteiger partial charge in [0.25, 0.3) is 0 Å². The molecule has 0 bridgehead atoms. The van der Waals surface area contributed by atoms with Crippen molar-refractivity contribution in [3.63, 3.8) is 0 Å². The maximum atomic E-state index is 10.9. The summed E-state index contributed by atoms with van der Waals surface area (Å²) in [6.45, 7) is 0. The normalized spacial score (nSPS) is 11.9. The Labute approximate surface area is 319 Å². The molecule has 56 heavy (non-hydrogen) atoms. The Morgan fingerprint density at radius 1 is 0.411 bits per heavy atom. The molecule has 0 radical (unpaired) electrons. The van der Waals surface area contributed by atoms with Crippen LogP contribution in [0.2, 0.25) is 0 Å². The molecule has 8 aromatic carbocycles. The fourth-order valence-corrected chi connectivity index (χ4v) is 9.23. The van der Waals surface area contributed by atoms with E-state index in [1.54, 1.807) is 6.07 Å². The maximum absolute atomic E-state index is 10.9. The number of para-hydroxylation sites is 5. The van der Waals surface area contributed by atoms with Crippen molar-refractivity contribution in [3.05, 3.63) is 175 Å². The van der Waals surface area contributed by atoms with Crippen molar-refractivity contribution < 1.29 is 4.42 Å². The summed E-state index contributed by atoms with van der Waals surface area (Å²) in [5, 5.41) is 29.9. The van der Waals surface area contributed by atoms with Crippen molar-refractivity contribution in [3.8, 4) is 29.2 Å². The first-order chi connectivity index (χ1) is 27.7. The average Bonchev–Trinajstić information content (AvgIpc) is 3.99. The van der Waals surface area contributed by atoms with Crippen LogP contribution in [0.4, 0.5) is 0 Å². The summed E-state index contributed by atoms with van der Waals surface area (Å²) in [6, 6.07) is 61.3. The number of hydrogen-bond donors (Lipinski definition) is 0. The highest BCUT2D eigenvalue weighted by atomic mass is 16.3. The van der Waals surface area contributed by atoms with Crippen LogP contribution in [0.25, 0.3) is 104 Å². The molecule has 6 heteroatoms. The Hall–Kier alpha value is -8.06. The summed E-state index contributed by atoms with van der Waals surface area (Å²) in [6.07, 6.45) is 0. The van der Waals surface area contributed by atoms with Crippen LogP contribution in [-0.4, -0.2) is 13.7 Å². The second kappa shape index (κ2) is 11.2. The number of nitrogens with zero attached hydrogens (tertiary/aromatic N) is 5. The molecule has 12 rings (SSSR count). The Morgan fingerprint density at radius 2 is 0.946 bits per heavy atom. The summed E-state index contributed by atoms with van der Waals surface area (Å²) in [5.41, 5.74) is 10.8. The maximum Gasteiger partial charge on any atom is 0.145 e. The number of hydrogen-bond acceptors (Lipinski definition) is 3. The third kappa shape index (κ3) is 3.92. The van der Waals surface area contributed by atoms with Gasteiger partial charge in [-0.25, -0.2) is 0 Å². The first-order valence-corrected chi connectivity index (χ1v) is 18.6. The SMILES string of the molecule is N#Cc1ccc(-n2c3ccc(-n4c5ccccc5c5ccccc54)cc3c3c4oc5ccccc5c4ccc32)c(-n2c3ccccc3c3ccccc32)c1C#N. The van der Waals surface area contributed by atoms with Gasteiger partial charge in [-0.15, -0.1) is 0 Å². The minimum Gasteiger partial charge on any atom is -0.455 e. The van der Waals surface area contributed by atoms with E-state index in [2.05, 4.69) is 135 Å². The molecule has 4 aromatic heterocycles. The van der Waals surface area contributed by atoms with E-state index in [0.29, 0.717) is 16.8 Å². The summed E-state index contributed by atoms with van der Waals surface area (Å²) in [4.78, 5) is 0. The van der Waals surface area contributed by atoms with Crippen molar-refractivity contribution in [1.82, 2.24) is 13.7 Å². The number of furan rings is 1. The lowest BCUT2D eigenvalue weighted by Crippen LogP contribution is -2.07. The van der Waals surface area contributed by atoms with Gasteiger partial charge in [0.2, 0.25) is 0 Å². The lowest BCUT2D eigenvalue weighted by molar-refractivity contribution is 0.673. The molecule has 0 N–H and O–H groups in total. The molecule has 0 amide bonds. The summed E-state index contributed by atoms with van der Waals surface area (Å²) >= 11 is 0. The van der Waals surface area contributed by atoms with Gasteiger partial charge in [-0.3, -0.25) is 0 Å². The highest BCUT2D eigenvalue weighted by Gasteiger charge is 2.26. The number of nitriles is 2. The van der Waals surface area contributed by atoms with Gasteiger partial charge < -0.3 is 18.1 Å². The van der Waals surface area contributed by atoms with Gasteiger partial charge in [0.1, 0.15) is 23.3 Å². The molecule has 12 aromatic rings. The van der Waals surface area contributed by atoms with Crippen LogP contribution < -0.4 is 0 Å². The van der Waals surface area contributed by atoms with Gasteiger partial charge >= 0.3 is 0 Å². The Bertz CT molecular complexity index is 3640. The Kier molecular flexibility index (Phi) is 6.10. The quantitative estimate of drug-likeness (QED) is 0.183. The van der Waals surface area contributed by atoms with Crippen LogP contribution in [-0.2, 0) is 0 Å². The molecule has 6 nitrogen and oxygen atoms in total. The van der Waals surface area contributed by atoms with Gasteiger partial charge in [-0.05, 0) is 72.8 Å². The van der Waals surface area contributed by atoms with Gasteiger partial charge in [0.05, 0.1) is 61.0 Å². The van der Waals surface area contributed by atoms with E-state index < -0.39 is 0 Å². The highest BCUT2D eigenvalue weighted by Crippen LogP contribution is 2.44. The standard InChI is InChI=1S/C50H27N5O/c51-28-30-21-24-46(49(39(30)29-52)55-42-18-8-3-13-34(42)35-14-4-9-19-43(35)55)54-44-25-22-31(53-40-16-6-1-11-32(40)33-12-2-7-17-41(33)53)27-38(44)48-45(54)26-23-37-36-15-5-10-20-47(36)56-50(37)48/h1-27H. The minimum atomic E-state index is 0.318. The predicted molar refractivity (Wildman–Crippen MR) is 226 cm³/mol. The summed E-state index contributed by atoms with van der Waals surface area (Å²) < 4.78 is 13.5. The number of rotatable bonds is 3. The smallest absolute Gasteiger partial charge is 0.145 e. The molecule has 0 fully saturated rings. The molecule has 0 aliphatic heterocycles. The van der Waals surface area contributed by atoms with Crippen LogP contribution in [0.3, 0.4) is 0 Å². The van der Waals surface area contributed by atoms with E-state index >= 15 is 0 Å². The van der Waals surface area contributed by atoms with Crippen molar-refractivity contribution >= 4 is 87.4 Å². The van der Waals surface area contributed by atoms with Crippen molar-refractivity contribution in [2.24, 2.45) is 0 Å². The molecule has 258 valence electrons. The molecule has 0 aliphatic rings. The van der Waals surface area contributed by atoms with Crippen LogP contribution >= 0.6 is 0 Å². The zero-order valence-corrected chi connectivity index (χ0v) is 29.7. The van der Waals surface area contributed by atoms with Crippen molar-refractivity contribution in [1.29, 1.82) is 10.5 Å². The summed E-state index contributed by atoms with van der Waals surface area (Å²) in [5.74, 6) is 0.